The van der Waals surface area contributed by atoms with Crippen LogP contribution in [-0.4, -0.2) is 0 Å². The molecule has 30 heavy (non-hydrogen) atoms. The van der Waals surface area contributed by atoms with Crippen LogP contribution in [0.3, 0.4) is 0 Å². The van der Waals surface area contributed by atoms with Gasteiger partial charge in [0.05, 0.1) is 0 Å². The van der Waals surface area contributed by atoms with E-state index < -0.39 is 0 Å². The molecule has 0 aliphatic rings. The molecule has 180 valence electrons. The van der Waals surface area contributed by atoms with E-state index in [1.807, 2.05) is 0 Å². The summed E-state index contributed by atoms with van der Waals surface area (Å²) in [6, 6.07) is 0. The van der Waals surface area contributed by atoms with Crippen LogP contribution in [0.15, 0.2) is 12.2 Å². The van der Waals surface area contributed by atoms with E-state index in [1.165, 1.54) is 154 Å². The molecule has 0 spiro atoms. The second kappa shape index (κ2) is 26.8. The Balaban J connectivity index is 3.16. The van der Waals surface area contributed by atoms with Gasteiger partial charge in [0.2, 0.25) is 0 Å². The summed E-state index contributed by atoms with van der Waals surface area (Å²) in [6.07, 6.45) is 39.3. The normalized spacial score (nSPS) is 12.8. The molecule has 0 aromatic rings. The minimum atomic E-state index is 0.935. The van der Waals surface area contributed by atoms with Crippen LogP contribution in [0.4, 0.5) is 0 Å². The van der Waals surface area contributed by atoms with Crippen LogP contribution in [0.25, 0.3) is 0 Å². The van der Waals surface area contributed by atoms with Crippen LogP contribution in [0, 0.1) is 5.92 Å². The molecular weight excluding hydrogens is 360 g/mol. The lowest BCUT2D eigenvalue weighted by molar-refractivity contribution is 0.443. The van der Waals surface area contributed by atoms with E-state index in [1.54, 1.807) is 0 Å². The highest BCUT2D eigenvalue weighted by molar-refractivity contribution is 4.81. The molecule has 1 unspecified atom stereocenters. The first-order chi connectivity index (χ1) is 14.8. The predicted octanol–water partition coefficient (Wildman–Crippen LogP) is 11.6. The summed E-state index contributed by atoms with van der Waals surface area (Å²) in [5, 5.41) is 0. The summed E-state index contributed by atoms with van der Waals surface area (Å²) >= 11 is 0. The molecular formula is C30H60. The second-order valence-corrected chi connectivity index (χ2v) is 10.1. The van der Waals surface area contributed by atoms with Crippen molar-refractivity contribution in [3.63, 3.8) is 0 Å². The van der Waals surface area contributed by atoms with Crippen LogP contribution < -0.4 is 0 Å². The first-order valence-corrected chi connectivity index (χ1v) is 14.5. The van der Waals surface area contributed by atoms with Gasteiger partial charge in [0.25, 0.3) is 0 Å². The Morgan fingerprint density at radius 1 is 0.400 bits per heavy atom. The van der Waals surface area contributed by atoms with Crippen molar-refractivity contribution in [3.8, 4) is 0 Å². The standard InChI is InChI=1S/C30H60/c1-4-6-8-10-12-14-15-16-17-18-19-20-21-23-25-27-29-30(3)28-26-24-22-13-11-9-7-5-2/h13,22,30H,4-12,14-21,23-29H2,1-3H3. The monoisotopic (exact) mass is 420 g/mol. The van der Waals surface area contributed by atoms with E-state index in [0.717, 1.165) is 5.92 Å². The van der Waals surface area contributed by atoms with Crippen LogP contribution in [0.2, 0.25) is 0 Å². The lowest BCUT2D eigenvalue weighted by Crippen LogP contribution is -1.94. The minimum absolute atomic E-state index is 0.935. The number of hydrogen-bond acceptors (Lipinski definition) is 0. The number of rotatable bonds is 25. The zero-order valence-electron chi connectivity index (χ0n) is 21.7. The van der Waals surface area contributed by atoms with Gasteiger partial charge < -0.3 is 0 Å². The van der Waals surface area contributed by atoms with Gasteiger partial charge in [0, 0.05) is 0 Å². The number of unbranched alkanes of at least 4 members (excludes halogenated alkanes) is 19. The average molecular weight is 421 g/mol. The lowest BCUT2D eigenvalue weighted by Gasteiger charge is -2.10. The fourth-order valence-electron chi connectivity index (χ4n) is 4.52. The summed E-state index contributed by atoms with van der Waals surface area (Å²) in [5.41, 5.74) is 0. The SMILES string of the molecule is CCCCCC=CCCCC(C)CCCCCCCCCCCCCCCCCC. The molecule has 0 N–H and O–H groups in total. The maximum absolute atomic E-state index is 2.47. The van der Waals surface area contributed by atoms with Crippen molar-refractivity contribution in [2.24, 2.45) is 5.92 Å². The molecule has 0 heteroatoms. The van der Waals surface area contributed by atoms with E-state index in [4.69, 9.17) is 0 Å². The third kappa shape index (κ3) is 25.8. The topological polar surface area (TPSA) is 0 Å². The third-order valence-electron chi connectivity index (χ3n) is 6.76. The van der Waals surface area contributed by atoms with Crippen LogP contribution in [0.5, 0.6) is 0 Å². The van der Waals surface area contributed by atoms with Crippen LogP contribution in [-0.2, 0) is 0 Å². The Labute approximate surface area is 193 Å². The smallest absolute Gasteiger partial charge is 0.0351 e. The minimum Gasteiger partial charge on any atom is -0.0885 e. The van der Waals surface area contributed by atoms with Crippen molar-refractivity contribution in [3.05, 3.63) is 12.2 Å². The van der Waals surface area contributed by atoms with E-state index in [0.29, 0.717) is 0 Å². The van der Waals surface area contributed by atoms with Crippen LogP contribution in [0.1, 0.15) is 175 Å². The van der Waals surface area contributed by atoms with Crippen molar-refractivity contribution >= 4 is 0 Å². The lowest BCUT2D eigenvalue weighted by atomic mass is 9.96. The first-order valence-electron chi connectivity index (χ1n) is 14.5. The van der Waals surface area contributed by atoms with Gasteiger partial charge in [-0.05, 0) is 31.6 Å². The largest absolute Gasteiger partial charge is 0.0885 e. The maximum atomic E-state index is 2.47. The zero-order chi connectivity index (χ0) is 22.0. The van der Waals surface area contributed by atoms with Crippen molar-refractivity contribution < 1.29 is 0 Å². The van der Waals surface area contributed by atoms with Gasteiger partial charge in [0.1, 0.15) is 0 Å². The Kier molecular flexibility index (Phi) is 26.5. The first kappa shape index (κ1) is 29.7. The molecule has 0 bridgehead atoms. The van der Waals surface area contributed by atoms with Crippen molar-refractivity contribution in [1.29, 1.82) is 0 Å². The summed E-state index contributed by atoms with van der Waals surface area (Å²) in [4.78, 5) is 0. The Bertz CT molecular complexity index is 316. The Morgan fingerprint density at radius 3 is 1.20 bits per heavy atom. The molecule has 0 aromatic carbocycles. The van der Waals surface area contributed by atoms with E-state index in [9.17, 15) is 0 Å². The number of hydrogen-bond donors (Lipinski definition) is 0. The fourth-order valence-corrected chi connectivity index (χ4v) is 4.52. The molecule has 1 atom stereocenters. The molecule has 0 fully saturated rings. The quantitative estimate of drug-likeness (QED) is 0.102. The second-order valence-electron chi connectivity index (χ2n) is 10.1. The summed E-state index contributed by atoms with van der Waals surface area (Å²) in [7, 11) is 0. The number of allylic oxidation sites excluding steroid dienone is 2. The van der Waals surface area contributed by atoms with Crippen molar-refractivity contribution in [2.75, 3.05) is 0 Å². The molecule has 0 rings (SSSR count). The molecule has 0 amide bonds. The maximum Gasteiger partial charge on any atom is -0.0351 e. The van der Waals surface area contributed by atoms with Crippen LogP contribution >= 0.6 is 0 Å². The molecule has 0 saturated carbocycles. The fraction of sp³-hybridized carbons (Fsp3) is 0.933. The van der Waals surface area contributed by atoms with Gasteiger partial charge >= 0.3 is 0 Å². The van der Waals surface area contributed by atoms with E-state index >= 15 is 0 Å². The molecule has 0 aromatic heterocycles. The van der Waals surface area contributed by atoms with Gasteiger partial charge in [-0.25, -0.2) is 0 Å². The van der Waals surface area contributed by atoms with E-state index in [2.05, 4.69) is 32.9 Å². The predicted molar refractivity (Wildman–Crippen MR) is 140 cm³/mol. The Hall–Kier alpha value is -0.260. The highest BCUT2D eigenvalue weighted by atomic mass is 14.1. The molecule has 0 nitrogen and oxygen atoms in total. The molecule has 0 aliphatic carbocycles. The van der Waals surface area contributed by atoms with E-state index in [-0.39, 0.29) is 0 Å². The van der Waals surface area contributed by atoms with Gasteiger partial charge in [-0.15, -0.1) is 0 Å². The van der Waals surface area contributed by atoms with Crippen molar-refractivity contribution in [2.45, 2.75) is 175 Å². The molecule has 0 saturated heterocycles. The molecule has 0 radical (unpaired) electrons. The highest BCUT2D eigenvalue weighted by Gasteiger charge is 2.01. The summed E-state index contributed by atoms with van der Waals surface area (Å²) < 4.78 is 0. The molecule has 0 heterocycles. The van der Waals surface area contributed by atoms with Gasteiger partial charge in [-0.3, -0.25) is 0 Å². The van der Waals surface area contributed by atoms with Gasteiger partial charge in [0.15, 0.2) is 0 Å². The van der Waals surface area contributed by atoms with Gasteiger partial charge in [-0.2, -0.15) is 0 Å². The third-order valence-corrected chi connectivity index (χ3v) is 6.76. The Morgan fingerprint density at radius 2 is 0.733 bits per heavy atom. The summed E-state index contributed by atoms with van der Waals surface area (Å²) in [6.45, 7) is 7.05. The highest BCUT2D eigenvalue weighted by Crippen LogP contribution is 2.18. The zero-order valence-corrected chi connectivity index (χ0v) is 21.7. The average Bonchev–Trinajstić information content (AvgIpc) is 2.75. The molecule has 0 aliphatic heterocycles. The summed E-state index contributed by atoms with van der Waals surface area (Å²) in [5.74, 6) is 0.935. The van der Waals surface area contributed by atoms with Gasteiger partial charge in [-0.1, -0.05) is 161 Å². The van der Waals surface area contributed by atoms with Crippen molar-refractivity contribution in [1.82, 2.24) is 0 Å².